The Morgan fingerprint density at radius 3 is 2.47 bits per heavy atom. The summed E-state index contributed by atoms with van der Waals surface area (Å²) in [7, 11) is 0. The van der Waals surface area contributed by atoms with Gasteiger partial charge in [-0.3, -0.25) is 4.68 Å². The van der Waals surface area contributed by atoms with Crippen molar-refractivity contribution in [3.63, 3.8) is 0 Å². The SMILES string of the molecule is CC(C)(C)OC(=O)c1cnn(C(C)(C)C#N)c1. The Balaban J connectivity index is 2.90. The smallest absolute Gasteiger partial charge is 0.341 e. The molecule has 1 aromatic rings. The highest BCUT2D eigenvalue weighted by Gasteiger charge is 2.24. The summed E-state index contributed by atoms with van der Waals surface area (Å²) in [5, 5.41) is 13.0. The Hall–Kier alpha value is -1.83. The molecule has 0 spiro atoms. The summed E-state index contributed by atoms with van der Waals surface area (Å²) in [6, 6.07) is 2.11. The van der Waals surface area contributed by atoms with Crippen molar-refractivity contribution in [3.05, 3.63) is 18.0 Å². The quantitative estimate of drug-likeness (QED) is 0.736. The first kappa shape index (κ1) is 13.2. The van der Waals surface area contributed by atoms with E-state index < -0.39 is 17.1 Å². The molecule has 0 N–H and O–H groups in total. The van der Waals surface area contributed by atoms with Crippen LogP contribution in [0, 0.1) is 11.3 Å². The summed E-state index contributed by atoms with van der Waals surface area (Å²) in [6.45, 7) is 8.84. The second kappa shape index (κ2) is 4.21. The fourth-order valence-electron chi connectivity index (χ4n) is 1.12. The fraction of sp³-hybridized carbons (Fsp3) is 0.583. The van der Waals surface area contributed by atoms with Gasteiger partial charge >= 0.3 is 5.97 Å². The number of carbonyl (C=O) groups is 1. The molecule has 92 valence electrons. The molecule has 5 nitrogen and oxygen atoms in total. The van der Waals surface area contributed by atoms with E-state index in [1.807, 2.05) is 0 Å². The van der Waals surface area contributed by atoms with Crippen molar-refractivity contribution in [1.82, 2.24) is 9.78 Å². The van der Waals surface area contributed by atoms with Gasteiger partial charge < -0.3 is 4.74 Å². The zero-order chi connectivity index (χ0) is 13.3. The molecule has 0 bridgehead atoms. The predicted molar refractivity (Wildman–Crippen MR) is 62.3 cm³/mol. The molecular weight excluding hydrogens is 218 g/mol. The van der Waals surface area contributed by atoms with Gasteiger partial charge in [-0.2, -0.15) is 10.4 Å². The van der Waals surface area contributed by atoms with Crippen LogP contribution in [-0.2, 0) is 10.3 Å². The second-order valence-electron chi connectivity index (χ2n) is 5.35. The minimum Gasteiger partial charge on any atom is -0.456 e. The van der Waals surface area contributed by atoms with Gasteiger partial charge in [-0.25, -0.2) is 4.79 Å². The summed E-state index contributed by atoms with van der Waals surface area (Å²) in [6.07, 6.45) is 2.93. The van der Waals surface area contributed by atoms with Crippen molar-refractivity contribution in [2.24, 2.45) is 0 Å². The number of hydrogen-bond acceptors (Lipinski definition) is 4. The molecule has 0 amide bonds. The second-order valence-corrected chi connectivity index (χ2v) is 5.35. The number of nitriles is 1. The van der Waals surface area contributed by atoms with Crippen LogP contribution in [0.1, 0.15) is 45.0 Å². The lowest BCUT2D eigenvalue weighted by molar-refractivity contribution is 0.00694. The van der Waals surface area contributed by atoms with Crippen LogP contribution in [0.25, 0.3) is 0 Å². The summed E-state index contributed by atoms with van der Waals surface area (Å²) in [5.74, 6) is -0.433. The molecule has 0 aliphatic carbocycles. The number of hydrogen-bond donors (Lipinski definition) is 0. The molecule has 1 aromatic heterocycles. The topological polar surface area (TPSA) is 67.9 Å². The molecule has 0 unspecified atom stereocenters. The first-order chi connectivity index (χ1) is 7.65. The molecule has 0 fully saturated rings. The highest BCUT2D eigenvalue weighted by molar-refractivity contribution is 5.89. The van der Waals surface area contributed by atoms with E-state index in [-0.39, 0.29) is 0 Å². The van der Waals surface area contributed by atoms with E-state index in [1.165, 1.54) is 17.1 Å². The van der Waals surface area contributed by atoms with E-state index in [0.29, 0.717) is 5.56 Å². The molecule has 0 radical (unpaired) electrons. The van der Waals surface area contributed by atoms with Crippen LogP contribution < -0.4 is 0 Å². The lowest BCUT2D eigenvalue weighted by Crippen LogP contribution is -2.25. The maximum atomic E-state index is 11.7. The number of nitrogens with zero attached hydrogens (tertiary/aromatic N) is 3. The minimum atomic E-state index is -0.778. The summed E-state index contributed by atoms with van der Waals surface area (Å²) < 4.78 is 6.66. The molecule has 0 aliphatic rings. The number of esters is 1. The largest absolute Gasteiger partial charge is 0.456 e. The van der Waals surface area contributed by atoms with Crippen molar-refractivity contribution in [2.45, 2.75) is 45.8 Å². The van der Waals surface area contributed by atoms with Crippen molar-refractivity contribution in [3.8, 4) is 6.07 Å². The van der Waals surface area contributed by atoms with E-state index in [1.54, 1.807) is 34.6 Å². The van der Waals surface area contributed by atoms with Gasteiger partial charge in [-0.15, -0.1) is 0 Å². The van der Waals surface area contributed by atoms with Crippen LogP contribution in [0.5, 0.6) is 0 Å². The molecular formula is C12H17N3O2. The summed E-state index contributed by atoms with van der Waals surface area (Å²) in [5.41, 5.74) is -0.965. The zero-order valence-electron chi connectivity index (χ0n) is 10.8. The molecule has 1 heterocycles. The molecule has 5 heteroatoms. The van der Waals surface area contributed by atoms with E-state index in [2.05, 4.69) is 11.2 Å². The normalized spacial score (nSPS) is 12.0. The van der Waals surface area contributed by atoms with Crippen molar-refractivity contribution in [1.29, 1.82) is 5.26 Å². The van der Waals surface area contributed by atoms with Crippen LogP contribution in [0.4, 0.5) is 0 Å². The van der Waals surface area contributed by atoms with E-state index >= 15 is 0 Å². The first-order valence-corrected chi connectivity index (χ1v) is 5.35. The van der Waals surface area contributed by atoms with Gasteiger partial charge in [0.1, 0.15) is 11.1 Å². The minimum absolute atomic E-state index is 0.350. The molecule has 17 heavy (non-hydrogen) atoms. The van der Waals surface area contributed by atoms with Gasteiger partial charge in [0.05, 0.1) is 17.8 Å². The van der Waals surface area contributed by atoms with Gasteiger partial charge in [0.15, 0.2) is 0 Å². The van der Waals surface area contributed by atoms with Crippen LogP contribution in [0.3, 0.4) is 0 Å². The number of rotatable bonds is 2. The van der Waals surface area contributed by atoms with Crippen LogP contribution in [0.2, 0.25) is 0 Å². The van der Waals surface area contributed by atoms with Gasteiger partial charge in [0.25, 0.3) is 0 Å². The monoisotopic (exact) mass is 235 g/mol. The predicted octanol–water partition coefficient (Wildman–Crippen LogP) is 2.10. The maximum absolute atomic E-state index is 11.7. The third kappa shape index (κ3) is 3.31. The zero-order valence-corrected chi connectivity index (χ0v) is 10.8. The number of ether oxygens (including phenoxy) is 1. The van der Waals surface area contributed by atoms with E-state index in [9.17, 15) is 4.79 Å². The van der Waals surface area contributed by atoms with Gasteiger partial charge in [0, 0.05) is 6.20 Å². The first-order valence-electron chi connectivity index (χ1n) is 5.35. The molecule has 0 atom stereocenters. The standard InChI is InChI=1S/C12H17N3O2/c1-11(2,3)17-10(16)9-6-14-15(7-9)12(4,5)8-13/h6-7H,1-5H3. The van der Waals surface area contributed by atoms with Crippen molar-refractivity contribution in [2.75, 3.05) is 0 Å². The third-order valence-corrected chi connectivity index (χ3v) is 2.06. The Morgan fingerprint density at radius 2 is 2.00 bits per heavy atom. The highest BCUT2D eigenvalue weighted by Crippen LogP contribution is 2.16. The number of aromatic nitrogens is 2. The Bertz CT molecular complexity index is 461. The Kier molecular flexibility index (Phi) is 3.28. The van der Waals surface area contributed by atoms with Gasteiger partial charge in [-0.05, 0) is 34.6 Å². The van der Waals surface area contributed by atoms with Crippen molar-refractivity contribution < 1.29 is 9.53 Å². The molecule has 0 saturated heterocycles. The van der Waals surface area contributed by atoms with Crippen LogP contribution in [-0.4, -0.2) is 21.4 Å². The van der Waals surface area contributed by atoms with E-state index in [0.717, 1.165) is 0 Å². The summed E-state index contributed by atoms with van der Waals surface area (Å²) in [4.78, 5) is 11.7. The maximum Gasteiger partial charge on any atom is 0.341 e. The lowest BCUT2D eigenvalue weighted by Gasteiger charge is -2.19. The van der Waals surface area contributed by atoms with Crippen LogP contribution in [0.15, 0.2) is 12.4 Å². The highest BCUT2D eigenvalue weighted by atomic mass is 16.6. The third-order valence-electron chi connectivity index (χ3n) is 2.06. The van der Waals surface area contributed by atoms with Crippen molar-refractivity contribution >= 4 is 5.97 Å². The Morgan fingerprint density at radius 1 is 1.41 bits per heavy atom. The fourth-order valence-corrected chi connectivity index (χ4v) is 1.12. The number of carbonyl (C=O) groups excluding carboxylic acids is 1. The van der Waals surface area contributed by atoms with Crippen LogP contribution >= 0.6 is 0 Å². The van der Waals surface area contributed by atoms with Gasteiger partial charge in [0.2, 0.25) is 0 Å². The molecule has 0 saturated carbocycles. The molecule has 1 rings (SSSR count). The summed E-state index contributed by atoms with van der Waals surface area (Å²) >= 11 is 0. The Labute approximate surface area is 101 Å². The molecule has 0 aliphatic heterocycles. The molecule has 0 aromatic carbocycles. The lowest BCUT2D eigenvalue weighted by atomic mass is 10.1. The average molecular weight is 235 g/mol. The van der Waals surface area contributed by atoms with E-state index in [4.69, 9.17) is 10.00 Å². The van der Waals surface area contributed by atoms with Gasteiger partial charge in [-0.1, -0.05) is 0 Å². The average Bonchev–Trinajstić information content (AvgIpc) is 2.64.